The summed E-state index contributed by atoms with van der Waals surface area (Å²) in [5, 5.41) is 0. The Bertz CT molecular complexity index is 272. The zero-order valence-corrected chi connectivity index (χ0v) is 9.53. The van der Waals surface area contributed by atoms with Crippen LogP contribution in [0.1, 0.15) is 39.0 Å². The van der Waals surface area contributed by atoms with Crippen LogP contribution in [0.5, 0.6) is 0 Å². The molecule has 5 nitrogen and oxygen atoms in total. The Morgan fingerprint density at radius 1 is 1.31 bits per heavy atom. The number of imide groups is 1. The lowest BCUT2D eigenvalue weighted by molar-refractivity contribution is -0.145. The van der Waals surface area contributed by atoms with Crippen LogP contribution >= 0.6 is 0 Å². The van der Waals surface area contributed by atoms with Crippen molar-refractivity contribution in [1.82, 2.24) is 4.90 Å². The predicted octanol–water partition coefficient (Wildman–Crippen LogP) is 0.869. The molecule has 0 bridgehead atoms. The first kappa shape index (κ1) is 12.7. The highest BCUT2D eigenvalue weighted by molar-refractivity contribution is 6.02. The highest BCUT2D eigenvalue weighted by Crippen LogP contribution is 2.11. The van der Waals surface area contributed by atoms with Crippen LogP contribution in [0.25, 0.3) is 0 Å². The lowest BCUT2D eigenvalue weighted by atomic mass is 10.3. The number of carbonyl (C=O) groups is 3. The third kappa shape index (κ3) is 3.64. The predicted molar refractivity (Wildman–Crippen MR) is 56.4 cm³/mol. The molecule has 0 unspecified atom stereocenters. The van der Waals surface area contributed by atoms with Gasteiger partial charge in [-0.2, -0.15) is 0 Å². The number of amides is 2. The number of rotatable bonds is 6. The van der Waals surface area contributed by atoms with Crippen LogP contribution in [-0.2, 0) is 19.1 Å². The van der Waals surface area contributed by atoms with Crippen molar-refractivity contribution in [3.8, 4) is 0 Å². The van der Waals surface area contributed by atoms with Gasteiger partial charge in [0.2, 0.25) is 11.8 Å². The minimum Gasteiger partial charge on any atom is -0.466 e. The number of hydrogen-bond donors (Lipinski definition) is 0. The van der Waals surface area contributed by atoms with Gasteiger partial charge in [-0.1, -0.05) is 13.3 Å². The quantitative estimate of drug-likeness (QED) is 0.383. The van der Waals surface area contributed by atoms with Crippen LogP contribution in [0.3, 0.4) is 0 Å². The lowest BCUT2D eigenvalue weighted by Crippen LogP contribution is -2.31. The standard InChI is InChI=1S/C11H17NO4/c1-2-3-8-16-11(15)6-7-12-9(13)4-5-10(12)14/h2-8H2,1H3. The van der Waals surface area contributed by atoms with Crippen molar-refractivity contribution in [2.45, 2.75) is 39.0 Å². The molecule has 0 aromatic rings. The summed E-state index contributed by atoms with van der Waals surface area (Å²) in [5.74, 6) is -0.723. The number of ether oxygens (including phenoxy) is 1. The fourth-order valence-corrected chi connectivity index (χ4v) is 1.48. The monoisotopic (exact) mass is 227 g/mol. The molecule has 0 N–H and O–H groups in total. The topological polar surface area (TPSA) is 63.7 Å². The number of hydrogen-bond acceptors (Lipinski definition) is 4. The molecule has 0 spiro atoms. The van der Waals surface area contributed by atoms with Gasteiger partial charge >= 0.3 is 5.97 Å². The Hall–Kier alpha value is -1.39. The van der Waals surface area contributed by atoms with Crippen molar-refractivity contribution >= 4 is 17.8 Å². The summed E-state index contributed by atoms with van der Waals surface area (Å²) in [4.78, 5) is 34.8. The maximum atomic E-state index is 11.2. The van der Waals surface area contributed by atoms with Gasteiger partial charge in [-0.3, -0.25) is 19.3 Å². The van der Waals surface area contributed by atoms with Gasteiger partial charge in [0.1, 0.15) is 0 Å². The number of likely N-dealkylation sites (tertiary alicyclic amines) is 1. The van der Waals surface area contributed by atoms with E-state index in [4.69, 9.17) is 4.74 Å². The van der Waals surface area contributed by atoms with E-state index in [-0.39, 0.29) is 43.6 Å². The molecule has 1 aliphatic rings. The zero-order chi connectivity index (χ0) is 12.0. The molecule has 90 valence electrons. The second-order valence-corrected chi connectivity index (χ2v) is 3.76. The summed E-state index contributed by atoms with van der Waals surface area (Å²) in [7, 11) is 0. The Morgan fingerprint density at radius 3 is 2.50 bits per heavy atom. The first-order valence-corrected chi connectivity index (χ1v) is 5.64. The smallest absolute Gasteiger partial charge is 0.307 e. The summed E-state index contributed by atoms with van der Waals surface area (Å²) < 4.78 is 4.92. The second-order valence-electron chi connectivity index (χ2n) is 3.76. The van der Waals surface area contributed by atoms with Crippen molar-refractivity contribution in [2.75, 3.05) is 13.2 Å². The van der Waals surface area contributed by atoms with Gasteiger partial charge in [0.05, 0.1) is 13.0 Å². The Labute approximate surface area is 94.7 Å². The second kappa shape index (κ2) is 6.25. The van der Waals surface area contributed by atoms with E-state index in [0.717, 1.165) is 17.7 Å². The van der Waals surface area contributed by atoms with Crippen LogP contribution in [0.15, 0.2) is 0 Å². The molecule has 1 aliphatic heterocycles. The molecule has 0 saturated carbocycles. The van der Waals surface area contributed by atoms with Gasteiger partial charge in [-0.25, -0.2) is 0 Å². The highest BCUT2D eigenvalue weighted by atomic mass is 16.5. The molecule has 0 aromatic heterocycles. The van der Waals surface area contributed by atoms with E-state index in [9.17, 15) is 14.4 Å². The minimum atomic E-state index is -0.346. The first-order chi connectivity index (χ1) is 7.65. The third-order valence-corrected chi connectivity index (χ3v) is 2.46. The first-order valence-electron chi connectivity index (χ1n) is 5.64. The summed E-state index contributed by atoms with van der Waals surface area (Å²) in [6.07, 6.45) is 2.44. The number of nitrogens with zero attached hydrogens (tertiary/aromatic N) is 1. The molecule has 0 radical (unpaired) electrons. The Kier molecular flexibility index (Phi) is 4.95. The summed E-state index contributed by atoms with van der Waals surface area (Å²) >= 11 is 0. The van der Waals surface area contributed by atoms with Crippen molar-refractivity contribution in [2.24, 2.45) is 0 Å². The van der Waals surface area contributed by atoms with Crippen LogP contribution in [-0.4, -0.2) is 35.8 Å². The van der Waals surface area contributed by atoms with Crippen LogP contribution in [0.2, 0.25) is 0 Å². The molecular weight excluding hydrogens is 210 g/mol. The van der Waals surface area contributed by atoms with Gasteiger partial charge < -0.3 is 4.74 Å². The molecule has 16 heavy (non-hydrogen) atoms. The van der Waals surface area contributed by atoms with Crippen molar-refractivity contribution in [3.63, 3.8) is 0 Å². The Balaban J connectivity index is 2.21. The summed E-state index contributed by atoms with van der Waals surface area (Å²) in [6.45, 7) is 2.58. The van der Waals surface area contributed by atoms with Crippen LogP contribution in [0.4, 0.5) is 0 Å². The molecule has 5 heteroatoms. The van der Waals surface area contributed by atoms with Gasteiger partial charge in [-0.15, -0.1) is 0 Å². The lowest BCUT2D eigenvalue weighted by Gasteiger charge is -2.12. The van der Waals surface area contributed by atoms with Gasteiger partial charge in [0.15, 0.2) is 0 Å². The van der Waals surface area contributed by atoms with Crippen LogP contribution in [0, 0.1) is 0 Å². The maximum Gasteiger partial charge on any atom is 0.307 e. The number of carbonyl (C=O) groups excluding carboxylic acids is 3. The molecule has 1 fully saturated rings. The molecule has 0 aromatic carbocycles. The van der Waals surface area contributed by atoms with Crippen molar-refractivity contribution in [1.29, 1.82) is 0 Å². The Morgan fingerprint density at radius 2 is 1.94 bits per heavy atom. The summed E-state index contributed by atoms with van der Waals surface area (Å²) in [5.41, 5.74) is 0. The number of unbranched alkanes of at least 4 members (excludes halogenated alkanes) is 1. The van der Waals surface area contributed by atoms with Gasteiger partial charge in [0, 0.05) is 19.4 Å². The van der Waals surface area contributed by atoms with E-state index < -0.39 is 0 Å². The van der Waals surface area contributed by atoms with E-state index in [2.05, 4.69) is 0 Å². The van der Waals surface area contributed by atoms with E-state index >= 15 is 0 Å². The fourth-order valence-electron chi connectivity index (χ4n) is 1.48. The average molecular weight is 227 g/mol. The number of esters is 1. The largest absolute Gasteiger partial charge is 0.466 e. The molecule has 2 amide bonds. The van der Waals surface area contributed by atoms with Crippen LogP contribution < -0.4 is 0 Å². The highest BCUT2D eigenvalue weighted by Gasteiger charge is 2.28. The van der Waals surface area contributed by atoms with E-state index in [0.29, 0.717) is 6.61 Å². The van der Waals surface area contributed by atoms with Gasteiger partial charge in [0.25, 0.3) is 0 Å². The van der Waals surface area contributed by atoms with Crippen molar-refractivity contribution < 1.29 is 19.1 Å². The van der Waals surface area contributed by atoms with Gasteiger partial charge in [-0.05, 0) is 6.42 Å². The van der Waals surface area contributed by atoms with E-state index in [1.54, 1.807) is 0 Å². The third-order valence-electron chi connectivity index (χ3n) is 2.46. The molecular formula is C11H17NO4. The summed E-state index contributed by atoms with van der Waals surface area (Å²) in [6, 6.07) is 0. The minimum absolute atomic E-state index is 0.0984. The molecule has 0 aliphatic carbocycles. The van der Waals surface area contributed by atoms with E-state index in [1.807, 2.05) is 6.92 Å². The molecule has 0 atom stereocenters. The fraction of sp³-hybridized carbons (Fsp3) is 0.727. The molecule has 1 saturated heterocycles. The average Bonchev–Trinajstić information content (AvgIpc) is 2.57. The van der Waals surface area contributed by atoms with E-state index in [1.165, 1.54) is 0 Å². The zero-order valence-electron chi connectivity index (χ0n) is 9.53. The maximum absolute atomic E-state index is 11.2. The molecule has 1 rings (SSSR count). The normalized spacial score (nSPS) is 15.7. The SMILES string of the molecule is CCCCOC(=O)CCN1C(=O)CCC1=O. The van der Waals surface area contributed by atoms with Crippen molar-refractivity contribution in [3.05, 3.63) is 0 Å². The molecule has 1 heterocycles.